The van der Waals surface area contributed by atoms with Crippen LogP contribution in [0.5, 0.6) is 5.75 Å². The number of rotatable bonds is 5. The molecule has 4 heteroatoms. The average molecular weight is 342 g/mol. The average Bonchev–Trinajstić information content (AvgIpc) is 2.37. The molecule has 1 aliphatic heterocycles. The normalized spacial score (nSPS) is 25.4. The van der Waals surface area contributed by atoms with Gasteiger partial charge in [0.2, 0.25) is 0 Å². The number of benzene rings is 1. The number of aliphatic hydroxyl groups is 1. The number of β-amino-alcohol motifs (C(OH)–C–C–N with tert-alkyl or cyclic N) is 1. The smallest absolute Gasteiger partial charge is 0.119 e. The minimum absolute atomic E-state index is 0.348. The minimum Gasteiger partial charge on any atom is -0.491 e. The quantitative estimate of drug-likeness (QED) is 0.892. The Morgan fingerprint density at radius 1 is 1.25 bits per heavy atom. The first-order valence-corrected chi connectivity index (χ1v) is 8.11. The first kappa shape index (κ1) is 15.8. The highest BCUT2D eigenvalue weighted by Gasteiger charge is 2.23. The fraction of sp³-hybridized carbons (Fsp3) is 0.625. The van der Waals surface area contributed by atoms with E-state index in [-0.39, 0.29) is 0 Å². The zero-order chi connectivity index (χ0) is 14.5. The molecule has 1 aromatic rings. The molecule has 0 spiro atoms. The van der Waals surface area contributed by atoms with Crippen LogP contribution in [-0.4, -0.2) is 42.4 Å². The Balaban J connectivity index is 1.74. The van der Waals surface area contributed by atoms with Gasteiger partial charge in [-0.1, -0.05) is 29.8 Å². The van der Waals surface area contributed by atoms with Crippen LogP contribution >= 0.6 is 15.9 Å². The van der Waals surface area contributed by atoms with Crippen molar-refractivity contribution in [3.05, 3.63) is 28.7 Å². The highest BCUT2D eigenvalue weighted by atomic mass is 79.9. The summed E-state index contributed by atoms with van der Waals surface area (Å²) < 4.78 is 6.65. The molecular weight excluding hydrogens is 318 g/mol. The molecule has 1 saturated heterocycles. The van der Waals surface area contributed by atoms with Gasteiger partial charge in [-0.3, -0.25) is 0 Å². The Morgan fingerprint density at radius 3 is 2.45 bits per heavy atom. The van der Waals surface area contributed by atoms with Crippen molar-refractivity contribution in [3.8, 4) is 5.75 Å². The molecule has 0 amide bonds. The summed E-state index contributed by atoms with van der Waals surface area (Å²) in [7, 11) is 0. The van der Waals surface area contributed by atoms with E-state index in [1.165, 1.54) is 6.42 Å². The van der Waals surface area contributed by atoms with Crippen molar-refractivity contribution in [2.75, 3.05) is 26.2 Å². The molecule has 0 unspecified atom stereocenters. The predicted octanol–water partition coefficient (Wildman–Crippen LogP) is 3.17. The molecular formula is C16H24BrNO2. The Hall–Kier alpha value is -0.580. The van der Waals surface area contributed by atoms with Crippen LogP contribution in [0.15, 0.2) is 28.7 Å². The number of aliphatic hydroxyl groups excluding tert-OH is 1. The highest BCUT2D eigenvalue weighted by Crippen LogP contribution is 2.21. The fourth-order valence-corrected chi connectivity index (χ4v) is 3.28. The van der Waals surface area contributed by atoms with Gasteiger partial charge >= 0.3 is 0 Å². The molecule has 1 N–H and O–H groups in total. The van der Waals surface area contributed by atoms with Gasteiger partial charge in [0.15, 0.2) is 0 Å². The zero-order valence-electron chi connectivity index (χ0n) is 12.3. The lowest BCUT2D eigenvalue weighted by Crippen LogP contribution is -2.43. The minimum atomic E-state index is -0.434. The highest BCUT2D eigenvalue weighted by molar-refractivity contribution is 9.10. The van der Waals surface area contributed by atoms with Crippen molar-refractivity contribution < 1.29 is 9.84 Å². The van der Waals surface area contributed by atoms with Crippen LogP contribution < -0.4 is 4.74 Å². The number of likely N-dealkylation sites (tertiary alicyclic amines) is 1. The van der Waals surface area contributed by atoms with Crippen LogP contribution in [0, 0.1) is 11.8 Å². The zero-order valence-corrected chi connectivity index (χ0v) is 13.8. The lowest BCUT2D eigenvalue weighted by Gasteiger charge is -2.35. The molecule has 1 heterocycles. The van der Waals surface area contributed by atoms with Crippen molar-refractivity contribution in [3.63, 3.8) is 0 Å². The van der Waals surface area contributed by atoms with Gasteiger partial charge in [-0.05, 0) is 42.5 Å². The van der Waals surface area contributed by atoms with Gasteiger partial charge in [0.25, 0.3) is 0 Å². The second-order valence-electron chi connectivity index (χ2n) is 6.08. The Kier molecular flexibility index (Phi) is 5.87. The van der Waals surface area contributed by atoms with E-state index in [4.69, 9.17) is 4.74 Å². The van der Waals surface area contributed by atoms with Gasteiger partial charge in [-0.2, -0.15) is 0 Å². The lowest BCUT2D eigenvalue weighted by atomic mass is 9.92. The van der Waals surface area contributed by atoms with E-state index in [9.17, 15) is 5.11 Å². The summed E-state index contributed by atoms with van der Waals surface area (Å²) >= 11 is 3.39. The largest absolute Gasteiger partial charge is 0.491 e. The molecule has 0 aromatic heterocycles. The summed E-state index contributed by atoms with van der Waals surface area (Å²) in [5.74, 6) is 2.24. The first-order valence-electron chi connectivity index (χ1n) is 7.31. The number of hydrogen-bond acceptors (Lipinski definition) is 3. The van der Waals surface area contributed by atoms with E-state index in [0.717, 1.165) is 35.1 Å². The molecule has 0 bridgehead atoms. The van der Waals surface area contributed by atoms with E-state index in [1.807, 2.05) is 24.3 Å². The van der Waals surface area contributed by atoms with Crippen LogP contribution in [0.3, 0.4) is 0 Å². The molecule has 3 atom stereocenters. The second kappa shape index (κ2) is 7.43. The van der Waals surface area contributed by atoms with Crippen LogP contribution in [-0.2, 0) is 0 Å². The van der Waals surface area contributed by atoms with E-state index in [0.29, 0.717) is 13.2 Å². The number of ether oxygens (including phenoxy) is 1. The third kappa shape index (κ3) is 5.08. The second-order valence-corrected chi connectivity index (χ2v) is 7.00. The van der Waals surface area contributed by atoms with Crippen LogP contribution in [0.1, 0.15) is 20.3 Å². The molecule has 112 valence electrons. The molecule has 3 nitrogen and oxygen atoms in total. The third-order valence-corrected chi connectivity index (χ3v) is 4.20. The SMILES string of the molecule is C[C@@H]1C[C@H](C)CN(C[C@H](O)COc2ccc(Br)cc2)C1. The lowest BCUT2D eigenvalue weighted by molar-refractivity contribution is 0.0429. The van der Waals surface area contributed by atoms with Crippen molar-refractivity contribution in [1.29, 1.82) is 0 Å². The molecule has 0 saturated carbocycles. The summed E-state index contributed by atoms with van der Waals surface area (Å²) in [6.07, 6.45) is 0.860. The summed E-state index contributed by atoms with van der Waals surface area (Å²) in [5.41, 5.74) is 0. The van der Waals surface area contributed by atoms with Crippen molar-refractivity contribution >= 4 is 15.9 Å². The Morgan fingerprint density at radius 2 is 1.85 bits per heavy atom. The maximum absolute atomic E-state index is 10.1. The number of halogens is 1. The fourth-order valence-electron chi connectivity index (χ4n) is 3.02. The van der Waals surface area contributed by atoms with Gasteiger partial charge in [-0.25, -0.2) is 0 Å². The van der Waals surface area contributed by atoms with Crippen molar-refractivity contribution in [2.45, 2.75) is 26.4 Å². The van der Waals surface area contributed by atoms with Gasteiger partial charge in [-0.15, -0.1) is 0 Å². The standard InChI is InChI=1S/C16H24BrNO2/c1-12-7-13(2)9-18(8-12)10-15(19)11-20-16-5-3-14(17)4-6-16/h3-6,12-13,15,19H,7-11H2,1-2H3/t12-,13+,15-/m0/s1. The Labute approximate surface area is 130 Å². The monoisotopic (exact) mass is 341 g/mol. The summed E-state index contributed by atoms with van der Waals surface area (Å²) in [4.78, 5) is 2.36. The number of hydrogen-bond donors (Lipinski definition) is 1. The molecule has 0 aliphatic carbocycles. The van der Waals surface area contributed by atoms with E-state index >= 15 is 0 Å². The van der Waals surface area contributed by atoms with Gasteiger partial charge in [0, 0.05) is 24.1 Å². The summed E-state index contributed by atoms with van der Waals surface area (Å²) in [6.45, 7) is 7.78. The number of nitrogens with zero attached hydrogens (tertiary/aromatic N) is 1. The molecule has 1 aromatic carbocycles. The summed E-state index contributed by atoms with van der Waals surface area (Å²) in [6, 6.07) is 7.69. The topological polar surface area (TPSA) is 32.7 Å². The van der Waals surface area contributed by atoms with Crippen molar-refractivity contribution in [2.24, 2.45) is 11.8 Å². The Bertz CT molecular complexity index is 399. The van der Waals surface area contributed by atoms with Crippen LogP contribution in [0.2, 0.25) is 0 Å². The van der Waals surface area contributed by atoms with Gasteiger partial charge in [0.1, 0.15) is 18.5 Å². The van der Waals surface area contributed by atoms with E-state index < -0.39 is 6.10 Å². The van der Waals surface area contributed by atoms with Gasteiger partial charge < -0.3 is 14.7 Å². The predicted molar refractivity (Wildman–Crippen MR) is 85.0 cm³/mol. The molecule has 2 rings (SSSR count). The number of piperidine rings is 1. The molecule has 1 fully saturated rings. The van der Waals surface area contributed by atoms with E-state index in [2.05, 4.69) is 34.7 Å². The maximum atomic E-state index is 10.1. The maximum Gasteiger partial charge on any atom is 0.119 e. The summed E-state index contributed by atoms with van der Waals surface area (Å²) in [5, 5.41) is 10.1. The van der Waals surface area contributed by atoms with Crippen LogP contribution in [0.25, 0.3) is 0 Å². The van der Waals surface area contributed by atoms with Crippen molar-refractivity contribution in [1.82, 2.24) is 4.90 Å². The third-order valence-electron chi connectivity index (χ3n) is 3.67. The molecule has 20 heavy (non-hydrogen) atoms. The first-order chi connectivity index (χ1) is 9.52. The van der Waals surface area contributed by atoms with E-state index in [1.54, 1.807) is 0 Å². The molecule has 0 radical (unpaired) electrons. The van der Waals surface area contributed by atoms with Crippen LogP contribution in [0.4, 0.5) is 0 Å². The van der Waals surface area contributed by atoms with Gasteiger partial charge in [0.05, 0.1) is 0 Å². The molecule has 1 aliphatic rings.